The van der Waals surface area contributed by atoms with Crippen LogP contribution in [0.15, 0.2) is 4.52 Å². The minimum atomic E-state index is -0.590. The molecule has 5 nitrogen and oxygen atoms in total. The van der Waals surface area contributed by atoms with E-state index >= 15 is 0 Å². The number of hydrogen-bond donors (Lipinski definition) is 1. The van der Waals surface area contributed by atoms with Crippen molar-refractivity contribution in [2.24, 2.45) is 5.41 Å². The van der Waals surface area contributed by atoms with Gasteiger partial charge in [-0.05, 0) is 5.41 Å². The number of nitrogens with zero attached hydrogens (tertiary/aromatic N) is 2. The summed E-state index contributed by atoms with van der Waals surface area (Å²) in [6.45, 7) is 6.62. The lowest BCUT2D eigenvalue weighted by atomic mass is 9.92. The van der Waals surface area contributed by atoms with Crippen LogP contribution in [-0.4, -0.2) is 35.1 Å². The number of methoxy groups -OCH3 is 1. The molecule has 1 aromatic heterocycles. The second-order valence-electron chi connectivity index (χ2n) is 5.16. The monoisotopic (exact) mass is 228 g/mol. The van der Waals surface area contributed by atoms with Gasteiger partial charge in [0.05, 0.1) is 19.1 Å². The number of ether oxygens (including phenoxy) is 1. The van der Waals surface area contributed by atoms with Crippen molar-refractivity contribution in [2.75, 3.05) is 13.7 Å². The van der Waals surface area contributed by atoms with Crippen molar-refractivity contribution in [3.8, 4) is 0 Å². The van der Waals surface area contributed by atoms with Crippen molar-refractivity contribution < 1.29 is 14.4 Å². The quantitative estimate of drug-likeness (QED) is 0.820. The summed E-state index contributed by atoms with van der Waals surface area (Å²) in [4.78, 5) is 4.22. The van der Waals surface area contributed by atoms with Crippen molar-refractivity contribution in [1.29, 1.82) is 0 Å². The molecule has 16 heavy (non-hydrogen) atoms. The summed E-state index contributed by atoms with van der Waals surface area (Å²) in [5.41, 5.74) is 0.131. The maximum atomic E-state index is 9.49. The van der Waals surface area contributed by atoms with E-state index in [0.717, 1.165) is 6.42 Å². The average Bonchev–Trinajstić information content (AvgIpc) is 2.49. The number of aliphatic hydroxyl groups excluding tert-OH is 1. The molecule has 0 bridgehead atoms. The zero-order valence-electron chi connectivity index (χ0n) is 10.4. The number of aromatic nitrogens is 2. The lowest BCUT2D eigenvalue weighted by Gasteiger charge is -2.14. The largest absolute Gasteiger partial charge is 0.390 e. The molecule has 1 aromatic rings. The van der Waals surface area contributed by atoms with Gasteiger partial charge in [-0.2, -0.15) is 4.98 Å². The summed E-state index contributed by atoms with van der Waals surface area (Å²) in [5.74, 6) is 1.15. The molecule has 0 amide bonds. The Kier molecular flexibility index (Phi) is 4.44. The zero-order valence-corrected chi connectivity index (χ0v) is 10.4. The van der Waals surface area contributed by atoms with Crippen molar-refractivity contribution in [1.82, 2.24) is 10.1 Å². The van der Waals surface area contributed by atoms with E-state index in [1.54, 1.807) is 7.11 Å². The molecule has 0 aromatic carbocycles. The molecule has 0 spiro atoms. The lowest BCUT2D eigenvalue weighted by molar-refractivity contribution is 0.0599. The molecule has 0 aliphatic heterocycles. The maximum Gasteiger partial charge on any atom is 0.229 e. The van der Waals surface area contributed by atoms with E-state index in [-0.39, 0.29) is 12.0 Å². The fraction of sp³-hybridized carbons (Fsp3) is 0.818. The van der Waals surface area contributed by atoms with Gasteiger partial charge in [0.1, 0.15) is 0 Å². The van der Waals surface area contributed by atoms with Gasteiger partial charge in [-0.3, -0.25) is 0 Å². The Hall–Kier alpha value is -0.940. The molecule has 5 heteroatoms. The molecule has 1 heterocycles. The Morgan fingerprint density at radius 1 is 1.44 bits per heavy atom. The summed E-state index contributed by atoms with van der Waals surface area (Å²) in [7, 11) is 1.54. The van der Waals surface area contributed by atoms with Crippen LogP contribution in [0.3, 0.4) is 0 Å². The van der Waals surface area contributed by atoms with Crippen LogP contribution in [0, 0.1) is 5.41 Å². The Bertz CT molecular complexity index is 317. The molecule has 0 fully saturated rings. The van der Waals surface area contributed by atoms with Gasteiger partial charge in [0.2, 0.25) is 5.89 Å². The number of aliphatic hydroxyl groups is 1. The van der Waals surface area contributed by atoms with E-state index in [4.69, 9.17) is 9.26 Å². The van der Waals surface area contributed by atoms with Crippen LogP contribution >= 0.6 is 0 Å². The van der Waals surface area contributed by atoms with Crippen molar-refractivity contribution >= 4 is 0 Å². The van der Waals surface area contributed by atoms with Gasteiger partial charge < -0.3 is 14.4 Å². The second-order valence-corrected chi connectivity index (χ2v) is 5.16. The van der Waals surface area contributed by atoms with Gasteiger partial charge in [0, 0.05) is 13.5 Å². The molecule has 0 saturated heterocycles. The normalized spacial score (nSPS) is 14.1. The summed E-state index contributed by atoms with van der Waals surface area (Å²) in [6.07, 6.45) is 0.509. The Morgan fingerprint density at radius 2 is 2.12 bits per heavy atom. The van der Waals surface area contributed by atoms with Crippen LogP contribution in [0.25, 0.3) is 0 Å². The number of hydrogen-bond acceptors (Lipinski definition) is 5. The first-order chi connectivity index (χ1) is 7.40. The molecule has 0 aliphatic carbocycles. The summed E-state index contributed by atoms with van der Waals surface area (Å²) >= 11 is 0. The molecule has 1 rings (SSSR count). The van der Waals surface area contributed by atoms with Gasteiger partial charge in [-0.1, -0.05) is 25.9 Å². The van der Waals surface area contributed by atoms with E-state index in [2.05, 4.69) is 30.9 Å². The molecule has 92 valence electrons. The van der Waals surface area contributed by atoms with Crippen LogP contribution in [0.2, 0.25) is 0 Å². The Morgan fingerprint density at radius 3 is 2.69 bits per heavy atom. The predicted octanol–water partition coefficient (Wildman–Crippen LogP) is 1.21. The first kappa shape index (κ1) is 13.1. The molecule has 1 atom stereocenters. The molecule has 1 unspecified atom stereocenters. The molecule has 0 saturated carbocycles. The second kappa shape index (κ2) is 5.41. The molecule has 0 aliphatic rings. The van der Waals surface area contributed by atoms with Gasteiger partial charge in [-0.25, -0.2) is 0 Å². The van der Waals surface area contributed by atoms with Gasteiger partial charge in [-0.15, -0.1) is 0 Å². The van der Waals surface area contributed by atoms with E-state index in [1.165, 1.54) is 0 Å². The lowest BCUT2D eigenvalue weighted by Crippen LogP contribution is -2.17. The van der Waals surface area contributed by atoms with Crippen LogP contribution in [0.4, 0.5) is 0 Å². The maximum absolute atomic E-state index is 9.49. The number of rotatable bonds is 5. The molecule has 1 N–H and O–H groups in total. The van der Waals surface area contributed by atoms with Crippen molar-refractivity contribution in [3.63, 3.8) is 0 Å². The van der Waals surface area contributed by atoms with Gasteiger partial charge in [0.25, 0.3) is 0 Å². The van der Waals surface area contributed by atoms with E-state index in [9.17, 15) is 5.11 Å². The van der Waals surface area contributed by atoms with E-state index < -0.39 is 6.10 Å². The van der Waals surface area contributed by atoms with Crippen molar-refractivity contribution in [3.05, 3.63) is 11.7 Å². The standard InChI is InChI=1S/C11H20N2O3/c1-11(2,3)6-9-12-10(16-13-9)5-8(14)7-15-4/h8,14H,5-7H2,1-4H3. The minimum absolute atomic E-state index is 0.131. The van der Waals surface area contributed by atoms with Crippen LogP contribution in [0.5, 0.6) is 0 Å². The van der Waals surface area contributed by atoms with Crippen LogP contribution in [0.1, 0.15) is 32.5 Å². The van der Waals surface area contributed by atoms with Gasteiger partial charge >= 0.3 is 0 Å². The predicted molar refractivity (Wildman–Crippen MR) is 59.0 cm³/mol. The van der Waals surface area contributed by atoms with Crippen LogP contribution in [-0.2, 0) is 17.6 Å². The SMILES string of the molecule is COCC(O)Cc1nc(CC(C)(C)C)no1. The first-order valence-electron chi connectivity index (χ1n) is 5.39. The highest BCUT2D eigenvalue weighted by atomic mass is 16.5. The third-order valence-corrected chi connectivity index (χ3v) is 1.97. The highest BCUT2D eigenvalue weighted by molar-refractivity contribution is 4.91. The zero-order chi connectivity index (χ0) is 12.2. The third-order valence-electron chi connectivity index (χ3n) is 1.97. The fourth-order valence-corrected chi connectivity index (χ4v) is 1.37. The highest BCUT2D eigenvalue weighted by Gasteiger charge is 2.17. The molecule has 0 radical (unpaired) electrons. The Labute approximate surface area is 95.8 Å². The Balaban J connectivity index is 2.51. The van der Waals surface area contributed by atoms with E-state index in [1.807, 2.05) is 0 Å². The van der Waals surface area contributed by atoms with Crippen molar-refractivity contribution in [2.45, 2.75) is 39.7 Å². The average molecular weight is 228 g/mol. The fourth-order valence-electron chi connectivity index (χ4n) is 1.37. The van der Waals surface area contributed by atoms with E-state index in [0.29, 0.717) is 18.1 Å². The summed E-state index contributed by atoms with van der Waals surface area (Å²) in [6, 6.07) is 0. The molecular formula is C11H20N2O3. The topological polar surface area (TPSA) is 68.4 Å². The highest BCUT2D eigenvalue weighted by Crippen LogP contribution is 2.18. The third kappa shape index (κ3) is 4.72. The molecular weight excluding hydrogens is 208 g/mol. The van der Waals surface area contributed by atoms with Crippen LogP contribution < -0.4 is 0 Å². The summed E-state index contributed by atoms with van der Waals surface area (Å²) < 4.78 is 9.87. The first-order valence-corrected chi connectivity index (χ1v) is 5.39. The summed E-state index contributed by atoms with van der Waals surface area (Å²) in [5, 5.41) is 13.4. The van der Waals surface area contributed by atoms with Gasteiger partial charge in [0.15, 0.2) is 5.82 Å². The minimum Gasteiger partial charge on any atom is -0.390 e. The smallest absolute Gasteiger partial charge is 0.229 e.